The summed E-state index contributed by atoms with van der Waals surface area (Å²) >= 11 is 5.82. The van der Waals surface area contributed by atoms with Crippen LogP contribution >= 0.6 is 11.6 Å². The van der Waals surface area contributed by atoms with Crippen LogP contribution in [0.1, 0.15) is 17.2 Å². The number of halogens is 1. The van der Waals surface area contributed by atoms with E-state index in [2.05, 4.69) is 10.3 Å². The third-order valence-corrected chi connectivity index (χ3v) is 4.03. The summed E-state index contributed by atoms with van der Waals surface area (Å²) in [7, 11) is 0. The van der Waals surface area contributed by atoms with Crippen molar-refractivity contribution in [1.82, 2.24) is 10.3 Å². The summed E-state index contributed by atoms with van der Waals surface area (Å²) in [5.74, 6) is -0.122. The quantitative estimate of drug-likeness (QED) is 0.673. The number of rotatable bonds is 5. The number of hydrogen-bond donors (Lipinski definition) is 3. The molecular weight excluding hydrogens is 312 g/mol. The molecular formula is C18H17ClN2O2. The van der Waals surface area contributed by atoms with Gasteiger partial charge in [-0.05, 0) is 29.3 Å². The topological polar surface area (TPSA) is 65.1 Å². The highest BCUT2D eigenvalue weighted by Gasteiger charge is 2.12. The Morgan fingerprint density at radius 3 is 2.70 bits per heavy atom. The van der Waals surface area contributed by atoms with Crippen LogP contribution in [0.5, 0.6) is 0 Å². The summed E-state index contributed by atoms with van der Waals surface area (Å²) < 4.78 is 0. The van der Waals surface area contributed by atoms with Gasteiger partial charge in [0.15, 0.2) is 0 Å². The molecule has 0 saturated carbocycles. The lowest BCUT2D eigenvalue weighted by molar-refractivity contribution is -0.120. The van der Waals surface area contributed by atoms with Gasteiger partial charge < -0.3 is 15.4 Å². The summed E-state index contributed by atoms with van der Waals surface area (Å²) in [6.07, 6.45) is 1.37. The number of fused-ring (bicyclic) bond motifs is 1. The molecule has 1 atom stereocenters. The fourth-order valence-corrected chi connectivity index (χ4v) is 2.65. The van der Waals surface area contributed by atoms with E-state index in [1.165, 1.54) is 0 Å². The Morgan fingerprint density at radius 1 is 1.17 bits per heavy atom. The number of hydrogen-bond acceptors (Lipinski definition) is 2. The van der Waals surface area contributed by atoms with E-state index in [0.29, 0.717) is 5.02 Å². The third kappa shape index (κ3) is 3.73. The lowest BCUT2D eigenvalue weighted by Gasteiger charge is -2.12. The van der Waals surface area contributed by atoms with Crippen LogP contribution in [-0.4, -0.2) is 22.5 Å². The fourth-order valence-electron chi connectivity index (χ4n) is 2.53. The van der Waals surface area contributed by atoms with Crippen molar-refractivity contribution in [3.63, 3.8) is 0 Å². The van der Waals surface area contributed by atoms with Gasteiger partial charge in [-0.25, -0.2) is 0 Å². The number of benzene rings is 2. The standard InChI is InChI=1S/C18H17ClN2O2/c19-14-7-5-12(6-8-14)17(22)11-21-18(23)9-13-10-20-16-4-2-1-3-15(13)16/h1-8,10,17,20,22H,9,11H2,(H,21,23). The molecule has 3 rings (SSSR count). The van der Waals surface area contributed by atoms with Crippen molar-refractivity contribution in [2.75, 3.05) is 6.54 Å². The van der Waals surface area contributed by atoms with Crippen molar-refractivity contribution in [2.45, 2.75) is 12.5 Å². The molecule has 2 aromatic carbocycles. The van der Waals surface area contributed by atoms with E-state index in [9.17, 15) is 9.90 Å². The van der Waals surface area contributed by atoms with Crippen LogP contribution in [-0.2, 0) is 11.2 Å². The summed E-state index contributed by atoms with van der Waals surface area (Å²) in [4.78, 5) is 15.2. The predicted octanol–water partition coefficient (Wildman–Crippen LogP) is 3.21. The van der Waals surface area contributed by atoms with Crippen molar-refractivity contribution in [2.24, 2.45) is 0 Å². The first-order chi connectivity index (χ1) is 11.1. The van der Waals surface area contributed by atoms with Gasteiger partial charge in [0, 0.05) is 28.7 Å². The van der Waals surface area contributed by atoms with Crippen molar-refractivity contribution < 1.29 is 9.90 Å². The van der Waals surface area contributed by atoms with E-state index in [-0.39, 0.29) is 18.9 Å². The number of H-pyrrole nitrogens is 1. The highest BCUT2D eigenvalue weighted by Crippen LogP contribution is 2.18. The minimum Gasteiger partial charge on any atom is -0.387 e. The maximum atomic E-state index is 12.1. The van der Waals surface area contributed by atoms with Gasteiger partial charge in [0.1, 0.15) is 0 Å². The molecule has 0 aliphatic heterocycles. The molecule has 118 valence electrons. The lowest BCUT2D eigenvalue weighted by atomic mass is 10.1. The van der Waals surface area contributed by atoms with E-state index in [4.69, 9.17) is 11.6 Å². The van der Waals surface area contributed by atoms with Gasteiger partial charge in [-0.3, -0.25) is 4.79 Å². The molecule has 0 aliphatic carbocycles. The molecule has 1 amide bonds. The molecule has 1 aromatic heterocycles. The number of carbonyl (C=O) groups is 1. The average Bonchev–Trinajstić information content (AvgIpc) is 2.96. The molecule has 0 radical (unpaired) electrons. The van der Waals surface area contributed by atoms with Crippen molar-refractivity contribution in [1.29, 1.82) is 0 Å². The first kappa shape index (κ1) is 15.6. The monoisotopic (exact) mass is 328 g/mol. The molecule has 0 bridgehead atoms. The Labute approximate surface area is 139 Å². The number of aromatic amines is 1. The molecule has 3 N–H and O–H groups in total. The number of aliphatic hydroxyl groups excluding tert-OH is 1. The van der Waals surface area contributed by atoms with Gasteiger partial charge in [0.2, 0.25) is 5.91 Å². The third-order valence-electron chi connectivity index (χ3n) is 3.77. The van der Waals surface area contributed by atoms with Crippen LogP contribution in [0.25, 0.3) is 10.9 Å². The second kappa shape index (κ2) is 6.86. The Morgan fingerprint density at radius 2 is 1.91 bits per heavy atom. The Kier molecular flexibility index (Phi) is 4.65. The first-order valence-corrected chi connectivity index (χ1v) is 7.76. The number of aliphatic hydroxyl groups is 1. The zero-order valence-electron chi connectivity index (χ0n) is 12.4. The van der Waals surface area contributed by atoms with E-state index >= 15 is 0 Å². The number of carbonyl (C=O) groups excluding carboxylic acids is 1. The number of para-hydroxylation sites is 1. The smallest absolute Gasteiger partial charge is 0.224 e. The molecule has 1 unspecified atom stereocenters. The maximum absolute atomic E-state index is 12.1. The maximum Gasteiger partial charge on any atom is 0.224 e. The summed E-state index contributed by atoms with van der Waals surface area (Å²) in [6, 6.07) is 14.8. The Balaban J connectivity index is 1.58. The first-order valence-electron chi connectivity index (χ1n) is 7.38. The summed E-state index contributed by atoms with van der Waals surface area (Å²) in [6.45, 7) is 0.169. The zero-order chi connectivity index (χ0) is 16.2. The normalized spacial score (nSPS) is 12.3. The van der Waals surface area contributed by atoms with E-state index in [0.717, 1.165) is 22.0 Å². The van der Waals surface area contributed by atoms with Crippen LogP contribution in [0.4, 0.5) is 0 Å². The molecule has 5 heteroatoms. The van der Waals surface area contributed by atoms with Crippen molar-refractivity contribution in [3.8, 4) is 0 Å². The van der Waals surface area contributed by atoms with E-state index < -0.39 is 6.10 Å². The van der Waals surface area contributed by atoms with Gasteiger partial charge in [-0.2, -0.15) is 0 Å². The second-order valence-electron chi connectivity index (χ2n) is 5.41. The SMILES string of the molecule is O=C(Cc1c[nH]c2ccccc12)NCC(O)c1ccc(Cl)cc1. The molecule has 1 heterocycles. The van der Waals surface area contributed by atoms with Crippen molar-refractivity contribution >= 4 is 28.4 Å². The second-order valence-corrected chi connectivity index (χ2v) is 5.84. The van der Waals surface area contributed by atoms with Crippen LogP contribution in [0.2, 0.25) is 5.02 Å². The Bertz CT molecular complexity index is 811. The zero-order valence-corrected chi connectivity index (χ0v) is 13.2. The molecule has 0 fully saturated rings. The highest BCUT2D eigenvalue weighted by atomic mass is 35.5. The average molecular weight is 329 g/mol. The van der Waals surface area contributed by atoms with Gasteiger partial charge in [0.05, 0.1) is 12.5 Å². The van der Waals surface area contributed by atoms with Gasteiger partial charge >= 0.3 is 0 Å². The Hall–Kier alpha value is -2.30. The van der Waals surface area contributed by atoms with E-state index in [1.54, 1.807) is 24.3 Å². The number of nitrogens with one attached hydrogen (secondary N) is 2. The van der Waals surface area contributed by atoms with Crippen LogP contribution < -0.4 is 5.32 Å². The molecule has 23 heavy (non-hydrogen) atoms. The van der Waals surface area contributed by atoms with Crippen molar-refractivity contribution in [3.05, 3.63) is 70.9 Å². The minimum absolute atomic E-state index is 0.122. The molecule has 0 aliphatic rings. The minimum atomic E-state index is -0.751. The predicted molar refractivity (Wildman–Crippen MR) is 91.4 cm³/mol. The van der Waals surface area contributed by atoms with Crippen LogP contribution in [0, 0.1) is 0 Å². The molecule has 3 aromatic rings. The molecule has 0 saturated heterocycles. The van der Waals surface area contributed by atoms with Crippen LogP contribution in [0.15, 0.2) is 54.7 Å². The van der Waals surface area contributed by atoms with Gasteiger partial charge in [-0.1, -0.05) is 41.9 Å². The summed E-state index contributed by atoms with van der Waals surface area (Å²) in [5, 5.41) is 14.5. The lowest BCUT2D eigenvalue weighted by Crippen LogP contribution is -2.29. The molecule has 4 nitrogen and oxygen atoms in total. The van der Waals surface area contributed by atoms with Crippen LogP contribution in [0.3, 0.4) is 0 Å². The highest BCUT2D eigenvalue weighted by molar-refractivity contribution is 6.30. The van der Waals surface area contributed by atoms with Gasteiger partial charge in [-0.15, -0.1) is 0 Å². The summed E-state index contributed by atoms with van der Waals surface area (Å²) in [5.41, 5.74) is 2.68. The fraction of sp³-hybridized carbons (Fsp3) is 0.167. The van der Waals surface area contributed by atoms with Gasteiger partial charge in [0.25, 0.3) is 0 Å². The number of aromatic nitrogens is 1. The molecule has 0 spiro atoms. The van der Waals surface area contributed by atoms with E-state index in [1.807, 2.05) is 30.5 Å². The largest absolute Gasteiger partial charge is 0.387 e. The number of amides is 1.